The summed E-state index contributed by atoms with van der Waals surface area (Å²) in [4.78, 5) is 31.0. The van der Waals surface area contributed by atoms with Gasteiger partial charge >= 0.3 is 41.4 Å². The van der Waals surface area contributed by atoms with E-state index in [2.05, 4.69) is 4.31 Å². The first-order chi connectivity index (χ1) is 5.12. The van der Waals surface area contributed by atoms with E-state index in [1.807, 2.05) is 0 Å². The number of hydrogen-bond acceptors (Lipinski definition) is 5. The van der Waals surface area contributed by atoms with Gasteiger partial charge in [0.15, 0.2) is 0 Å². The summed E-state index contributed by atoms with van der Waals surface area (Å²) in [5, 5.41) is 0. The third kappa shape index (κ3) is 22.4. The van der Waals surface area contributed by atoms with Crippen LogP contribution in [0.5, 0.6) is 0 Å². The van der Waals surface area contributed by atoms with Crippen molar-refractivity contribution in [2.75, 3.05) is 0 Å². The Bertz CT molecular complexity index is 215. The van der Waals surface area contributed by atoms with Gasteiger partial charge in [-0.2, -0.15) is 4.31 Å². The second kappa shape index (κ2) is 6.09. The van der Waals surface area contributed by atoms with Crippen molar-refractivity contribution in [1.82, 2.24) is 0 Å². The molecule has 0 rings (SSSR count). The molecule has 0 bridgehead atoms. The zero-order valence-corrected chi connectivity index (χ0v) is 8.57. The predicted molar refractivity (Wildman–Crippen MR) is 26.5 cm³/mol. The molecule has 0 aliphatic rings. The van der Waals surface area contributed by atoms with Crippen molar-refractivity contribution in [3.63, 3.8) is 0 Å². The molecular formula is H4O9P2Ti. The fraction of sp³-hybridized carbons (Fsp3) is 0. The normalized spacial score (nSPS) is 11.0. The molecule has 0 aliphatic heterocycles. The number of hydrogen-bond donors (Lipinski definition) is 4. The monoisotopic (exact) mass is 258 g/mol. The van der Waals surface area contributed by atoms with Crippen LogP contribution in [0, 0.1) is 0 Å². The van der Waals surface area contributed by atoms with Gasteiger partial charge < -0.3 is 19.6 Å². The average molecular weight is 258 g/mol. The molecule has 0 spiro atoms. The molecule has 0 atom stereocenters. The van der Waals surface area contributed by atoms with Crippen molar-refractivity contribution in [2.24, 2.45) is 0 Å². The van der Waals surface area contributed by atoms with Crippen molar-refractivity contribution in [1.29, 1.82) is 0 Å². The Morgan fingerprint density at radius 2 is 1.08 bits per heavy atom. The van der Waals surface area contributed by atoms with E-state index < -0.39 is 34.7 Å². The van der Waals surface area contributed by atoms with Crippen LogP contribution >= 0.6 is 15.6 Å². The average Bonchev–Trinajstić information content (AvgIpc) is 1.53. The molecule has 72 valence electrons. The van der Waals surface area contributed by atoms with Gasteiger partial charge in [-0.05, 0) is 0 Å². The first-order valence-electron chi connectivity index (χ1n) is 1.94. The van der Waals surface area contributed by atoms with Crippen molar-refractivity contribution in [3.05, 3.63) is 0 Å². The van der Waals surface area contributed by atoms with Crippen LogP contribution in [0.2, 0.25) is 0 Å². The summed E-state index contributed by atoms with van der Waals surface area (Å²) in [6, 6.07) is 0. The van der Waals surface area contributed by atoms with E-state index >= 15 is 0 Å². The summed E-state index contributed by atoms with van der Waals surface area (Å²) >= 11 is -2.00. The van der Waals surface area contributed by atoms with Crippen LogP contribution in [-0.4, -0.2) is 19.6 Å². The van der Waals surface area contributed by atoms with Gasteiger partial charge in [-0.25, -0.2) is 9.13 Å². The minimum absolute atomic E-state index is 2.00. The topological polar surface area (TPSA) is 158 Å². The van der Waals surface area contributed by atoms with Gasteiger partial charge in [0.25, 0.3) is 0 Å². The van der Waals surface area contributed by atoms with Crippen LogP contribution in [0.3, 0.4) is 0 Å². The van der Waals surface area contributed by atoms with E-state index in [4.69, 9.17) is 26.2 Å². The molecule has 0 aromatic carbocycles. The maximum absolute atomic E-state index is 9.63. The second-order valence-corrected chi connectivity index (χ2v) is 4.02. The summed E-state index contributed by atoms with van der Waals surface area (Å²) < 4.78 is 39.2. The molecule has 0 aromatic heterocycles. The zero-order valence-electron chi connectivity index (χ0n) is 5.22. The van der Waals surface area contributed by atoms with E-state index in [-0.39, 0.29) is 0 Å². The van der Waals surface area contributed by atoms with E-state index in [0.29, 0.717) is 0 Å². The van der Waals surface area contributed by atoms with Gasteiger partial charge in [0.2, 0.25) is 0 Å². The first kappa shape index (κ1) is 15.1. The molecule has 0 saturated carbocycles. The van der Waals surface area contributed by atoms with E-state index in [9.17, 15) is 9.13 Å². The molecule has 0 radical (unpaired) electrons. The first-order valence-corrected chi connectivity index (χ1v) is 6.27. The fourth-order valence-electron chi connectivity index (χ4n) is 0.139. The van der Waals surface area contributed by atoms with Crippen LogP contribution in [0.25, 0.3) is 0 Å². The summed E-state index contributed by atoms with van der Waals surface area (Å²) in [5.41, 5.74) is 0. The van der Waals surface area contributed by atoms with Gasteiger partial charge in [0.05, 0.1) is 0 Å². The molecule has 4 N–H and O–H groups in total. The Balaban J connectivity index is 0. The number of phosphoric acid groups is 2. The summed E-state index contributed by atoms with van der Waals surface area (Å²) in [5.74, 6) is 0. The Morgan fingerprint density at radius 3 is 1.08 bits per heavy atom. The standard InChI is InChI=1S/H4O7P2.2O.Ti/c1-8(2,3)7-9(4,5)6;;;/h(H2,1,2,3)(H2,4,5,6);;;. The maximum atomic E-state index is 9.63. The summed E-state index contributed by atoms with van der Waals surface area (Å²) in [7, 11) is -10.1. The van der Waals surface area contributed by atoms with Crippen LogP contribution in [0.4, 0.5) is 0 Å². The van der Waals surface area contributed by atoms with Gasteiger partial charge in [-0.15, -0.1) is 0 Å². The van der Waals surface area contributed by atoms with E-state index in [1.54, 1.807) is 0 Å². The Hall–Kier alpha value is 0.574. The predicted octanol–water partition coefficient (Wildman–Crippen LogP) is -1.05. The van der Waals surface area contributed by atoms with Crippen LogP contribution in [0.15, 0.2) is 0 Å². The van der Waals surface area contributed by atoms with Crippen molar-refractivity contribution >= 4 is 15.6 Å². The molecular weight excluding hydrogens is 254 g/mol. The van der Waals surface area contributed by atoms with Gasteiger partial charge in [0.1, 0.15) is 0 Å². The summed E-state index contributed by atoms with van der Waals surface area (Å²) in [6.07, 6.45) is 0. The summed E-state index contributed by atoms with van der Waals surface area (Å²) in [6.45, 7) is 0. The minimum atomic E-state index is -5.05. The van der Waals surface area contributed by atoms with Crippen molar-refractivity contribution in [3.8, 4) is 0 Å². The molecule has 0 amide bonds. The van der Waals surface area contributed by atoms with Crippen LogP contribution in [0.1, 0.15) is 0 Å². The Kier molecular flexibility index (Phi) is 7.65. The van der Waals surface area contributed by atoms with Crippen molar-refractivity contribution < 1.29 is 58.8 Å². The molecule has 0 saturated heterocycles. The molecule has 12 heteroatoms. The van der Waals surface area contributed by atoms with Gasteiger partial charge in [-0.1, -0.05) is 0 Å². The van der Waals surface area contributed by atoms with Crippen LogP contribution in [-0.2, 0) is 39.2 Å². The third-order valence-electron chi connectivity index (χ3n) is 0.213. The van der Waals surface area contributed by atoms with E-state index in [1.165, 1.54) is 0 Å². The van der Waals surface area contributed by atoms with E-state index in [0.717, 1.165) is 0 Å². The molecule has 0 aliphatic carbocycles. The quantitative estimate of drug-likeness (QED) is 0.357. The zero-order chi connectivity index (χ0) is 10.4. The Labute approximate surface area is 74.8 Å². The van der Waals surface area contributed by atoms with Gasteiger partial charge in [0, 0.05) is 0 Å². The Morgan fingerprint density at radius 1 is 0.917 bits per heavy atom. The third-order valence-corrected chi connectivity index (χ3v) is 1.91. The molecule has 9 nitrogen and oxygen atoms in total. The van der Waals surface area contributed by atoms with Crippen LogP contribution < -0.4 is 0 Å². The molecule has 0 aromatic rings. The number of rotatable bonds is 2. The molecule has 12 heavy (non-hydrogen) atoms. The van der Waals surface area contributed by atoms with Crippen molar-refractivity contribution in [2.45, 2.75) is 0 Å². The fourth-order valence-corrected chi connectivity index (χ4v) is 1.25. The second-order valence-electron chi connectivity index (χ2n) is 1.15. The van der Waals surface area contributed by atoms with Gasteiger partial charge in [-0.3, -0.25) is 0 Å². The molecule has 0 unspecified atom stereocenters. The SMILES string of the molecule is O=P(O)(O)OP(=O)(O)O.[O]=[Ti]=[O]. The molecule has 0 heterocycles. The molecule has 0 fully saturated rings.